The molecule has 0 saturated carbocycles. The third-order valence-electron chi connectivity index (χ3n) is 2.55. The van der Waals surface area contributed by atoms with Crippen LogP contribution in [-0.2, 0) is 0 Å². The maximum absolute atomic E-state index is 9.85. The van der Waals surface area contributed by atoms with Crippen LogP contribution in [0.3, 0.4) is 0 Å². The van der Waals surface area contributed by atoms with Crippen molar-refractivity contribution >= 4 is 0 Å². The summed E-state index contributed by atoms with van der Waals surface area (Å²) in [5.41, 5.74) is 4.86. The van der Waals surface area contributed by atoms with E-state index in [2.05, 4.69) is 0 Å². The zero-order valence-electron chi connectivity index (χ0n) is 9.23. The third-order valence-corrected chi connectivity index (χ3v) is 2.55. The van der Waals surface area contributed by atoms with Crippen LogP contribution in [0.25, 0.3) is 0 Å². The molecule has 0 aromatic carbocycles. The quantitative estimate of drug-likeness (QED) is 0.685. The molecule has 0 aliphatic carbocycles. The Bertz CT molecular complexity index is 148. The number of aliphatic hydroxyl groups is 1. The first-order chi connectivity index (χ1) is 4.96. The van der Waals surface area contributed by atoms with E-state index in [1.165, 1.54) is 0 Å². The molecular weight excluding hydrogens is 150 g/mol. The minimum absolute atomic E-state index is 0.148. The summed E-state index contributed by atoms with van der Waals surface area (Å²) in [4.78, 5) is 0. The summed E-state index contributed by atoms with van der Waals surface area (Å²) in [5.74, 6) is 0. The summed E-state index contributed by atoms with van der Waals surface area (Å²) < 4.78 is 0. The highest BCUT2D eigenvalue weighted by Crippen LogP contribution is 2.36. The second kappa shape index (κ2) is 3.00. The lowest BCUT2D eigenvalue weighted by Crippen LogP contribution is -2.46. The molecule has 0 unspecified atom stereocenters. The van der Waals surface area contributed by atoms with Crippen molar-refractivity contribution in [1.82, 2.24) is 0 Å². The molecule has 0 amide bonds. The predicted molar refractivity (Wildman–Crippen MR) is 53.0 cm³/mol. The highest BCUT2D eigenvalue weighted by Gasteiger charge is 2.38. The SMILES string of the molecule is CC(C)(N)CC(C)(C)C(C)(C)O. The van der Waals surface area contributed by atoms with Crippen molar-refractivity contribution in [3.63, 3.8) is 0 Å². The lowest BCUT2D eigenvalue weighted by atomic mass is 9.70. The summed E-state index contributed by atoms with van der Waals surface area (Å²) >= 11 is 0. The van der Waals surface area contributed by atoms with Crippen LogP contribution in [-0.4, -0.2) is 16.2 Å². The van der Waals surface area contributed by atoms with Gasteiger partial charge < -0.3 is 10.8 Å². The van der Waals surface area contributed by atoms with Gasteiger partial charge in [-0.25, -0.2) is 0 Å². The summed E-state index contributed by atoms with van der Waals surface area (Å²) in [6.45, 7) is 11.7. The van der Waals surface area contributed by atoms with Gasteiger partial charge in [0.25, 0.3) is 0 Å². The standard InChI is InChI=1S/C10H23NO/c1-8(2,10(5,6)12)7-9(3,4)11/h12H,7,11H2,1-6H3. The Labute approximate surface area is 76.2 Å². The minimum Gasteiger partial charge on any atom is -0.390 e. The molecule has 0 aromatic rings. The predicted octanol–water partition coefficient (Wildman–Crippen LogP) is 1.91. The Kier molecular flexibility index (Phi) is 2.98. The first-order valence-electron chi connectivity index (χ1n) is 4.47. The van der Waals surface area contributed by atoms with Gasteiger partial charge >= 0.3 is 0 Å². The van der Waals surface area contributed by atoms with E-state index in [0.29, 0.717) is 0 Å². The van der Waals surface area contributed by atoms with Gasteiger partial charge in [0.2, 0.25) is 0 Å². The van der Waals surface area contributed by atoms with E-state index in [1.54, 1.807) is 0 Å². The molecule has 0 spiro atoms. The second-order valence-corrected chi connectivity index (χ2v) is 5.61. The molecule has 0 atom stereocenters. The molecule has 3 N–H and O–H groups in total. The average Bonchev–Trinajstić information content (AvgIpc) is 1.52. The summed E-state index contributed by atoms with van der Waals surface area (Å²) in [5, 5.41) is 9.85. The molecule has 0 aliphatic rings. The molecule has 0 radical (unpaired) electrons. The Hall–Kier alpha value is -0.0800. The van der Waals surface area contributed by atoms with Crippen LogP contribution >= 0.6 is 0 Å². The molecule has 2 nitrogen and oxygen atoms in total. The molecule has 74 valence electrons. The Morgan fingerprint density at radius 3 is 1.42 bits per heavy atom. The topological polar surface area (TPSA) is 46.2 Å². The molecule has 0 rings (SSSR count). The minimum atomic E-state index is -0.677. The molecule has 2 heteroatoms. The van der Waals surface area contributed by atoms with Crippen molar-refractivity contribution in [3.8, 4) is 0 Å². The van der Waals surface area contributed by atoms with Crippen molar-refractivity contribution in [2.45, 2.75) is 59.1 Å². The summed E-state index contributed by atoms with van der Waals surface area (Å²) in [7, 11) is 0. The summed E-state index contributed by atoms with van der Waals surface area (Å²) in [6.07, 6.45) is 0.809. The van der Waals surface area contributed by atoms with Gasteiger partial charge in [-0.15, -0.1) is 0 Å². The van der Waals surface area contributed by atoms with Crippen LogP contribution in [0.1, 0.15) is 48.0 Å². The molecule has 0 aromatic heterocycles. The monoisotopic (exact) mass is 173 g/mol. The maximum Gasteiger partial charge on any atom is 0.0643 e. The zero-order chi connectivity index (χ0) is 10.2. The van der Waals surface area contributed by atoms with Gasteiger partial charge in [-0.05, 0) is 39.5 Å². The Morgan fingerprint density at radius 1 is 1.00 bits per heavy atom. The van der Waals surface area contributed by atoms with E-state index >= 15 is 0 Å². The molecule has 0 saturated heterocycles. The van der Waals surface area contributed by atoms with Gasteiger partial charge in [-0.2, -0.15) is 0 Å². The van der Waals surface area contributed by atoms with Crippen LogP contribution < -0.4 is 5.73 Å². The van der Waals surface area contributed by atoms with Gasteiger partial charge in [0.1, 0.15) is 0 Å². The van der Waals surface area contributed by atoms with Crippen molar-refractivity contribution in [3.05, 3.63) is 0 Å². The lowest BCUT2D eigenvalue weighted by molar-refractivity contribution is -0.0479. The lowest BCUT2D eigenvalue weighted by Gasteiger charge is -2.41. The Balaban J connectivity index is 4.44. The van der Waals surface area contributed by atoms with E-state index < -0.39 is 5.60 Å². The molecule has 0 fully saturated rings. The highest BCUT2D eigenvalue weighted by atomic mass is 16.3. The van der Waals surface area contributed by atoms with E-state index in [4.69, 9.17) is 5.73 Å². The number of hydrogen-bond acceptors (Lipinski definition) is 2. The fourth-order valence-electron chi connectivity index (χ4n) is 1.36. The molecule has 12 heavy (non-hydrogen) atoms. The molecule has 0 bridgehead atoms. The number of hydrogen-bond donors (Lipinski definition) is 2. The molecular formula is C10H23NO. The largest absolute Gasteiger partial charge is 0.390 e. The number of rotatable bonds is 3. The van der Waals surface area contributed by atoms with E-state index in [9.17, 15) is 5.11 Å². The Morgan fingerprint density at radius 2 is 1.33 bits per heavy atom. The first-order valence-corrected chi connectivity index (χ1v) is 4.47. The van der Waals surface area contributed by atoms with Gasteiger partial charge in [0, 0.05) is 5.54 Å². The van der Waals surface area contributed by atoms with Gasteiger partial charge in [-0.1, -0.05) is 13.8 Å². The normalized spacial score (nSPS) is 15.0. The smallest absolute Gasteiger partial charge is 0.0643 e. The van der Waals surface area contributed by atoms with E-state index in [-0.39, 0.29) is 11.0 Å². The summed E-state index contributed by atoms with van der Waals surface area (Å²) in [6, 6.07) is 0. The van der Waals surface area contributed by atoms with Crippen LogP contribution in [0.5, 0.6) is 0 Å². The van der Waals surface area contributed by atoms with E-state index in [0.717, 1.165) is 6.42 Å². The molecule has 0 heterocycles. The highest BCUT2D eigenvalue weighted by molar-refractivity contribution is 4.91. The van der Waals surface area contributed by atoms with Crippen molar-refractivity contribution in [2.75, 3.05) is 0 Å². The first kappa shape index (κ1) is 11.9. The van der Waals surface area contributed by atoms with Crippen LogP contribution in [0, 0.1) is 5.41 Å². The van der Waals surface area contributed by atoms with Gasteiger partial charge in [0.15, 0.2) is 0 Å². The second-order valence-electron chi connectivity index (χ2n) is 5.61. The van der Waals surface area contributed by atoms with Gasteiger partial charge in [0.05, 0.1) is 5.60 Å². The fourth-order valence-corrected chi connectivity index (χ4v) is 1.36. The average molecular weight is 173 g/mol. The third kappa shape index (κ3) is 3.55. The van der Waals surface area contributed by atoms with Crippen molar-refractivity contribution < 1.29 is 5.11 Å². The van der Waals surface area contributed by atoms with Crippen molar-refractivity contribution in [2.24, 2.45) is 11.1 Å². The van der Waals surface area contributed by atoms with Crippen molar-refractivity contribution in [1.29, 1.82) is 0 Å². The molecule has 0 aliphatic heterocycles. The van der Waals surface area contributed by atoms with Crippen LogP contribution in [0.15, 0.2) is 0 Å². The maximum atomic E-state index is 9.85. The van der Waals surface area contributed by atoms with E-state index in [1.807, 2.05) is 41.5 Å². The van der Waals surface area contributed by atoms with Crippen LogP contribution in [0.4, 0.5) is 0 Å². The fraction of sp³-hybridized carbons (Fsp3) is 1.00. The zero-order valence-corrected chi connectivity index (χ0v) is 9.23. The van der Waals surface area contributed by atoms with Crippen LogP contribution in [0.2, 0.25) is 0 Å². The number of nitrogens with two attached hydrogens (primary N) is 1. The van der Waals surface area contributed by atoms with Gasteiger partial charge in [-0.3, -0.25) is 0 Å².